The number of benzene rings is 1. The van der Waals surface area contributed by atoms with Crippen molar-refractivity contribution in [3.05, 3.63) is 77.3 Å². The summed E-state index contributed by atoms with van der Waals surface area (Å²) in [5.74, 6) is 0.213. The van der Waals surface area contributed by atoms with Gasteiger partial charge in [-0.25, -0.2) is 4.39 Å². The summed E-state index contributed by atoms with van der Waals surface area (Å²) in [6.45, 7) is 1.87. The van der Waals surface area contributed by atoms with Crippen molar-refractivity contribution in [1.29, 1.82) is 0 Å². The summed E-state index contributed by atoms with van der Waals surface area (Å²) in [6.07, 6.45) is 1.87. The maximum Gasteiger partial charge on any atom is 0.261 e. The lowest BCUT2D eigenvalue weighted by atomic mass is 10.2. The molecule has 3 aromatic heterocycles. The lowest BCUT2D eigenvalue weighted by Crippen LogP contribution is -2.27. The Morgan fingerprint density at radius 1 is 1.12 bits per heavy atom. The number of nitrogens with one attached hydrogen (secondary N) is 1. The predicted molar refractivity (Wildman–Crippen MR) is 98.6 cm³/mol. The SMILES string of the molecule is CC(NC(=O)c1ccc(-c2ccc(F)cc2)s1)c1nnc2ccccn12. The fourth-order valence-corrected chi connectivity index (χ4v) is 3.63. The Hall–Kier alpha value is -3.06. The molecule has 1 unspecified atom stereocenters. The fourth-order valence-electron chi connectivity index (χ4n) is 2.72. The zero-order valence-corrected chi connectivity index (χ0v) is 14.7. The molecule has 0 aliphatic carbocycles. The number of halogens is 1. The Bertz CT molecular complexity index is 1070. The molecule has 0 saturated heterocycles. The third-order valence-corrected chi connectivity index (χ3v) is 5.17. The smallest absolute Gasteiger partial charge is 0.261 e. The van der Waals surface area contributed by atoms with Crippen LogP contribution in [0.2, 0.25) is 0 Å². The number of carbonyl (C=O) groups excluding carboxylic acids is 1. The summed E-state index contributed by atoms with van der Waals surface area (Å²) in [4.78, 5) is 14.1. The van der Waals surface area contributed by atoms with Crippen LogP contribution in [0.5, 0.6) is 0 Å². The summed E-state index contributed by atoms with van der Waals surface area (Å²) in [7, 11) is 0. The third kappa shape index (κ3) is 3.09. The van der Waals surface area contributed by atoms with Crippen LogP contribution in [0.25, 0.3) is 16.1 Å². The molecule has 0 spiro atoms. The van der Waals surface area contributed by atoms with Gasteiger partial charge in [0.05, 0.1) is 10.9 Å². The Morgan fingerprint density at radius 3 is 2.73 bits per heavy atom. The first-order valence-electron chi connectivity index (χ1n) is 8.08. The minimum Gasteiger partial charge on any atom is -0.342 e. The Kier molecular flexibility index (Phi) is 4.22. The van der Waals surface area contributed by atoms with Gasteiger partial charge in [0.1, 0.15) is 5.82 Å². The van der Waals surface area contributed by atoms with E-state index in [0.29, 0.717) is 10.7 Å². The minimum absolute atomic E-state index is 0.177. The Balaban J connectivity index is 1.52. The molecule has 7 heteroatoms. The molecule has 1 amide bonds. The number of carbonyl (C=O) groups is 1. The first kappa shape index (κ1) is 16.4. The van der Waals surface area contributed by atoms with E-state index in [1.54, 1.807) is 18.2 Å². The molecule has 0 saturated carbocycles. The van der Waals surface area contributed by atoms with Crippen LogP contribution in [-0.2, 0) is 0 Å². The van der Waals surface area contributed by atoms with Crippen molar-refractivity contribution < 1.29 is 9.18 Å². The van der Waals surface area contributed by atoms with Gasteiger partial charge in [-0.2, -0.15) is 0 Å². The van der Waals surface area contributed by atoms with Crippen LogP contribution < -0.4 is 5.32 Å². The standard InChI is InChI=1S/C19H15FN4OS/c1-12(18-23-22-17-4-2-3-11-24(17)18)21-19(25)16-10-9-15(26-16)13-5-7-14(20)8-6-13/h2-12H,1H3,(H,21,25). The van der Waals surface area contributed by atoms with Crippen molar-refractivity contribution in [3.8, 4) is 10.4 Å². The molecule has 4 rings (SSSR count). The van der Waals surface area contributed by atoms with Crippen LogP contribution >= 0.6 is 11.3 Å². The lowest BCUT2D eigenvalue weighted by molar-refractivity contribution is 0.0942. The highest BCUT2D eigenvalue weighted by atomic mass is 32.1. The summed E-state index contributed by atoms with van der Waals surface area (Å²) in [6, 6.07) is 15.2. The number of hydrogen-bond acceptors (Lipinski definition) is 4. The average Bonchev–Trinajstić information content (AvgIpc) is 3.30. The number of fused-ring (bicyclic) bond motifs is 1. The van der Waals surface area contributed by atoms with Crippen molar-refractivity contribution in [2.75, 3.05) is 0 Å². The number of pyridine rings is 1. The molecule has 26 heavy (non-hydrogen) atoms. The second-order valence-electron chi connectivity index (χ2n) is 5.85. The molecule has 130 valence electrons. The molecule has 4 aromatic rings. The Labute approximate surface area is 153 Å². The molecule has 5 nitrogen and oxygen atoms in total. The fraction of sp³-hybridized carbons (Fsp3) is 0.105. The average molecular weight is 366 g/mol. The van der Waals surface area contributed by atoms with Gasteiger partial charge in [0, 0.05) is 11.1 Å². The van der Waals surface area contributed by atoms with Gasteiger partial charge in [-0.05, 0) is 48.9 Å². The van der Waals surface area contributed by atoms with Crippen molar-refractivity contribution in [2.45, 2.75) is 13.0 Å². The van der Waals surface area contributed by atoms with Crippen LogP contribution in [0.4, 0.5) is 4.39 Å². The summed E-state index contributed by atoms with van der Waals surface area (Å²) >= 11 is 1.37. The molecule has 1 aromatic carbocycles. The van der Waals surface area contributed by atoms with Crippen LogP contribution in [0.3, 0.4) is 0 Å². The van der Waals surface area contributed by atoms with Crippen molar-refractivity contribution in [1.82, 2.24) is 19.9 Å². The van der Waals surface area contributed by atoms with E-state index in [0.717, 1.165) is 16.1 Å². The number of amides is 1. The highest BCUT2D eigenvalue weighted by molar-refractivity contribution is 7.17. The van der Waals surface area contributed by atoms with Crippen LogP contribution in [0.15, 0.2) is 60.8 Å². The highest BCUT2D eigenvalue weighted by Gasteiger charge is 2.18. The van der Waals surface area contributed by atoms with Gasteiger partial charge in [0.25, 0.3) is 5.91 Å². The molecular weight excluding hydrogens is 351 g/mol. The molecule has 3 heterocycles. The number of thiophene rings is 1. The molecule has 0 aliphatic heterocycles. The lowest BCUT2D eigenvalue weighted by Gasteiger charge is -2.11. The van der Waals surface area contributed by atoms with Gasteiger partial charge in [-0.1, -0.05) is 18.2 Å². The van der Waals surface area contributed by atoms with E-state index < -0.39 is 0 Å². The highest BCUT2D eigenvalue weighted by Crippen LogP contribution is 2.28. The van der Waals surface area contributed by atoms with E-state index in [-0.39, 0.29) is 17.8 Å². The van der Waals surface area contributed by atoms with Crippen molar-refractivity contribution in [2.24, 2.45) is 0 Å². The summed E-state index contributed by atoms with van der Waals surface area (Å²) in [5.41, 5.74) is 1.62. The quantitative estimate of drug-likeness (QED) is 0.592. The van der Waals surface area contributed by atoms with Gasteiger partial charge < -0.3 is 5.32 Å². The van der Waals surface area contributed by atoms with Crippen molar-refractivity contribution in [3.63, 3.8) is 0 Å². The minimum atomic E-state index is -0.295. The number of aromatic nitrogens is 3. The molecular formula is C19H15FN4OS. The first-order valence-corrected chi connectivity index (χ1v) is 8.90. The summed E-state index contributed by atoms with van der Waals surface area (Å²) in [5, 5.41) is 11.2. The van der Waals surface area contributed by atoms with Crippen LogP contribution in [0, 0.1) is 5.82 Å². The molecule has 0 radical (unpaired) electrons. The number of rotatable bonds is 4. The topological polar surface area (TPSA) is 59.3 Å². The third-order valence-electron chi connectivity index (χ3n) is 4.03. The second-order valence-corrected chi connectivity index (χ2v) is 6.94. The summed E-state index contributed by atoms with van der Waals surface area (Å²) < 4.78 is 14.9. The maximum absolute atomic E-state index is 13.1. The van der Waals surface area contributed by atoms with E-state index in [4.69, 9.17) is 0 Å². The van der Waals surface area contributed by atoms with E-state index in [1.165, 1.54) is 23.5 Å². The van der Waals surface area contributed by atoms with Gasteiger partial charge >= 0.3 is 0 Å². The molecule has 1 N–H and O–H groups in total. The number of hydrogen-bond donors (Lipinski definition) is 1. The molecule has 0 bridgehead atoms. The van der Waals surface area contributed by atoms with E-state index in [1.807, 2.05) is 41.8 Å². The molecule has 1 atom stereocenters. The van der Waals surface area contributed by atoms with Gasteiger partial charge in [-0.15, -0.1) is 21.5 Å². The predicted octanol–water partition coefficient (Wildman–Crippen LogP) is 4.09. The maximum atomic E-state index is 13.1. The van der Waals surface area contributed by atoms with Gasteiger partial charge in [0.2, 0.25) is 0 Å². The zero-order chi connectivity index (χ0) is 18.1. The van der Waals surface area contributed by atoms with Gasteiger partial charge in [0.15, 0.2) is 11.5 Å². The van der Waals surface area contributed by atoms with Crippen LogP contribution in [-0.4, -0.2) is 20.5 Å². The molecule has 0 fully saturated rings. The zero-order valence-electron chi connectivity index (χ0n) is 13.9. The van der Waals surface area contributed by atoms with Crippen LogP contribution in [0.1, 0.15) is 28.5 Å². The normalized spacial score (nSPS) is 12.2. The van der Waals surface area contributed by atoms with E-state index >= 15 is 0 Å². The van der Waals surface area contributed by atoms with E-state index in [2.05, 4.69) is 15.5 Å². The number of nitrogens with zero attached hydrogens (tertiary/aromatic N) is 3. The molecule has 0 aliphatic rings. The second kappa shape index (κ2) is 6.68. The monoisotopic (exact) mass is 366 g/mol. The largest absolute Gasteiger partial charge is 0.342 e. The van der Waals surface area contributed by atoms with Gasteiger partial charge in [-0.3, -0.25) is 9.20 Å². The van der Waals surface area contributed by atoms with Crippen molar-refractivity contribution >= 4 is 22.9 Å². The first-order chi connectivity index (χ1) is 12.6. The van der Waals surface area contributed by atoms with E-state index in [9.17, 15) is 9.18 Å². The Morgan fingerprint density at radius 2 is 1.92 bits per heavy atom.